The zero-order valence-corrected chi connectivity index (χ0v) is 9.39. The summed E-state index contributed by atoms with van der Waals surface area (Å²) >= 11 is 11.7. The van der Waals surface area contributed by atoms with Crippen molar-refractivity contribution < 1.29 is 9.59 Å². The molecule has 77 valence electrons. The smallest absolute Gasteiger partial charge is 0.237 e. The van der Waals surface area contributed by atoms with Crippen molar-refractivity contribution in [2.75, 3.05) is 0 Å². The highest BCUT2D eigenvalue weighted by molar-refractivity contribution is 6.43. The molecule has 1 aromatic carbocycles. The van der Waals surface area contributed by atoms with Crippen LogP contribution in [0, 0.1) is 0 Å². The minimum Gasteiger partial charge on any atom is -0.294 e. The second-order valence-corrected chi connectivity index (χ2v) is 3.64. The van der Waals surface area contributed by atoms with E-state index in [4.69, 9.17) is 23.2 Å². The maximum Gasteiger partial charge on any atom is 0.237 e. The fraction of sp³-hybridized carbons (Fsp3) is 0.0909. The molecule has 1 aromatic rings. The van der Waals surface area contributed by atoms with Gasteiger partial charge in [0.15, 0.2) is 5.78 Å². The van der Waals surface area contributed by atoms with E-state index in [1.54, 1.807) is 24.5 Å². The number of ketones is 1. The van der Waals surface area contributed by atoms with E-state index in [-0.39, 0.29) is 11.4 Å². The molecule has 0 spiro atoms. The van der Waals surface area contributed by atoms with Gasteiger partial charge in [-0.2, -0.15) is 0 Å². The van der Waals surface area contributed by atoms with Gasteiger partial charge in [-0.1, -0.05) is 35.3 Å². The molecule has 0 N–H and O–H groups in total. The van der Waals surface area contributed by atoms with E-state index in [0.717, 1.165) is 0 Å². The third kappa shape index (κ3) is 2.91. The number of rotatable bonds is 3. The summed E-state index contributed by atoms with van der Waals surface area (Å²) in [6, 6.07) is 4.97. The average Bonchev–Trinajstić information content (AvgIpc) is 2.19. The van der Waals surface area contributed by atoms with Gasteiger partial charge in [0, 0.05) is 0 Å². The van der Waals surface area contributed by atoms with Crippen molar-refractivity contribution in [3.63, 3.8) is 0 Å². The van der Waals surface area contributed by atoms with Gasteiger partial charge in [0.05, 0.1) is 15.6 Å². The highest BCUT2D eigenvalue weighted by Crippen LogP contribution is 2.27. The molecule has 0 bridgehead atoms. The molecule has 2 nitrogen and oxygen atoms in total. The number of benzene rings is 1. The fourth-order valence-electron chi connectivity index (χ4n) is 0.990. The monoisotopic (exact) mass is 241 g/mol. The molecule has 0 unspecified atom stereocenters. The Morgan fingerprint density at radius 2 is 2.07 bits per heavy atom. The highest BCUT2D eigenvalue weighted by atomic mass is 35.5. The number of halogens is 2. The van der Waals surface area contributed by atoms with Crippen molar-refractivity contribution in [1.29, 1.82) is 0 Å². The Balaban J connectivity index is 3.23. The molecule has 0 heterocycles. The molecular formula is C11H7Cl2O2. The minimum absolute atomic E-state index is 0.0563. The molecule has 1 rings (SSSR count). The normalized spacial score (nSPS) is 11.3. The van der Waals surface area contributed by atoms with E-state index in [2.05, 4.69) is 0 Å². The first kappa shape index (κ1) is 12.0. The number of allylic oxidation sites excluding steroid dienone is 1. The molecule has 0 atom stereocenters. The molecule has 0 aliphatic rings. The Hall–Kier alpha value is -1.12. The van der Waals surface area contributed by atoms with Crippen LogP contribution < -0.4 is 0 Å². The second kappa shape index (κ2) is 5.10. The molecule has 0 fully saturated rings. The van der Waals surface area contributed by atoms with Crippen LogP contribution in [-0.4, -0.2) is 12.1 Å². The van der Waals surface area contributed by atoms with Crippen LogP contribution in [0.3, 0.4) is 0 Å². The summed E-state index contributed by atoms with van der Waals surface area (Å²) in [6.45, 7) is 1.29. The Kier molecular flexibility index (Phi) is 4.06. The van der Waals surface area contributed by atoms with Crippen LogP contribution in [0.4, 0.5) is 0 Å². The SMILES string of the molecule is CC(=O)C([C]=O)=Cc1cccc(Cl)c1Cl. The third-order valence-electron chi connectivity index (χ3n) is 1.77. The van der Waals surface area contributed by atoms with Gasteiger partial charge in [-0.3, -0.25) is 9.59 Å². The predicted octanol–water partition coefficient (Wildman–Crippen LogP) is 3.08. The topological polar surface area (TPSA) is 34.1 Å². The van der Waals surface area contributed by atoms with Crippen LogP contribution in [0.1, 0.15) is 12.5 Å². The van der Waals surface area contributed by atoms with Crippen molar-refractivity contribution in [1.82, 2.24) is 0 Å². The summed E-state index contributed by atoms with van der Waals surface area (Å²) in [5.41, 5.74) is 0.469. The van der Waals surface area contributed by atoms with Crippen LogP contribution in [0.2, 0.25) is 10.0 Å². The molecular weight excluding hydrogens is 235 g/mol. The first-order chi connectivity index (χ1) is 7.06. The first-order valence-electron chi connectivity index (χ1n) is 4.11. The molecule has 0 aromatic heterocycles. The fourth-order valence-corrected chi connectivity index (χ4v) is 1.35. The van der Waals surface area contributed by atoms with E-state index < -0.39 is 0 Å². The Labute approximate surface area is 97.5 Å². The van der Waals surface area contributed by atoms with Crippen molar-refractivity contribution in [2.45, 2.75) is 6.92 Å². The van der Waals surface area contributed by atoms with Gasteiger partial charge in [-0.15, -0.1) is 0 Å². The van der Waals surface area contributed by atoms with Crippen LogP contribution in [0.5, 0.6) is 0 Å². The summed E-state index contributed by atoms with van der Waals surface area (Å²) in [4.78, 5) is 21.4. The minimum atomic E-state index is -0.360. The molecule has 15 heavy (non-hydrogen) atoms. The van der Waals surface area contributed by atoms with Crippen molar-refractivity contribution in [3.05, 3.63) is 39.4 Å². The summed E-state index contributed by atoms with van der Waals surface area (Å²) < 4.78 is 0. The quantitative estimate of drug-likeness (QED) is 0.463. The lowest BCUT2D eigenvalue weighted by atomic mass is 10.1. The van der Waals surface area contributed by atoms with Gasteiger partial charge in [-0.05, 0) is 24.6 Å². The zero-order chi connectivity index (χ0) is 11.4. The first-order valence-corrected chi connectivity index (χ1v) is 4.86. The van der Waals surface area contributed by atoms with Gasteiger partial charge in [-0.25, -0.2) is 0 Å². The maximum absolute atomic E-state index is 11.0. The molecule has 0 saturated carbocycles. The average molecular weight is 242 g/mol. The molecule has 0 aliphatic heterocycles. The van der Waals surface area contributed by atoms with E-state index in [1.807, 2.05) is 0 Å². The van der Waals surface area contributed by atoms with Crippen LogP contribution >= 0.6 is 23.2 Å². The van der Waals surface area contributed by atoms with Crippen molar-refractivity contribution in [3.8, 4) is 0 Å². The molecule has 0 aliphatic carbocycles. The van der Waals surface area contributed by atoms with E-state index in [0.29, 0.717) is 15.6 Å². The molecule has 0 amide bonds. The summed E-state index contributed by atoms with van der Waals surface area (Å²) in [5, 5.41) is 0.687. The Morgan fingerprint density at radius 1 is 1.40 bits per heavy atom. The number of carbonyl (C=O) groups is 1. The molecule has 0 saturated heterocycles. The van der Waals surface area contributed by atoms with E-state index in [9.17, 15) is 9.59 Å². The molecule has 4 heteroatoms. The lowest BCUT2D eigenvalue weighted by molar-refractivity contribution is -0.113. The van der Waals surface area contributed by atoms with Gasteiger partial charge < -0.3 is 0 Å². The van der Waals surface area contributed by atoms with Gasteiger partial charge in [0.1, 0.15) is 0 Å². The zero-order valence-electron chi connectivity index (χ0n) is 7.88. The van der Waals surface area contributed by atoms with Crippen LogP contribution in [0.25, 0.3) is 6.08 Å². The summed E-state index contributed by atoms with van der Waals surface area (Å²) in [7, 11) is 0. The van der Waals surface area contributed by atoms with Crippen molar-refractivity contribution in [2.24, 2.45) is 0 Å². The predicted molar refractivity (Wildman–Crippen MR) is 60.8 cm³/mol. The Morgan fingerprint density at radius 3 is 2.60 bits per heavy atom. The maximum atomic E-state index is 11.0. The third-order valence-corrected chi connectivity index (χ3v) is 2.60. The summed E-state index contributed by atoms with van der Waals surface area (Å²) in [6.07, 6.45) is 2.92. The van der Waals surface area contributed by atoms with Gasteiger partial charge in [0.25, 0.3) is 0 Å². The summed E-state index contributed by atoms with van der Waals surface area (Å²) in [5.74, 6) is -0.360. The Bertz CT molecular complexity index is 436. The standard InChI is InChI=1S/C11H7Cl2O2/c1-7(15)9(6-14)5-8-3-2-4-10(12)11(8)13/h2-5H,1H3. The number of hydrogen-bond donors (Lipinski definition) is 0. The van der Waals surface area contributed by atoms with E-state index >= 15 is 0 Å². The van der Waals surface area contributed by atoms with Gasteiger partial charge in [0.2, 0.25) is 6.29 Å². The number of carbonyl (C=O) groups excluding carboxylic acids is 2. The van der Waals surface area contributed by atoms with Crippen LogP contribution in [-0.2, 0) is 9.59 Å². The van der Waals surface area contributed by atoms with Crippen molar-refractivity contribution >= 4 is 41.3 Å². The van der Waals surface area contributed by atoms with Gasteiger partial charge >= 0.3 is 0 Å². The lowest BCUT2D eigenvalue weighted by Gasteiger charge is -2.00. The van der Waals surface area contributed by atoms with E-state index in [1.165, 1.54) is 13.0 Å². The number of Topliss-reactive ketones (excluding diaryl/α,β-unsaturated/α-hetero) is 1. The number of hydrogen-bond acceptors (Lipinski definition) is 2. The second-order valence-electron chi connectivity index (χ2n) is 2.86. The highest BCUT2D eigenvalue weighted by Gasteiger charge is 2.06. The largest absolute Gasteiger partial charge is 0.294 e. The lowest BCUT2D eigenvalue weighted by Crippen LogP contribution is -1.97. The van der Waals surface area contributed by atoms with Crippen LogP contribution in [0.15, 0.2) is 23.8 Å². The molecule has 1 radical (unpaired) electrons.